The first-order chi connectivity index (χ1) is 6.05. The monoisotopic (exact) mass is 280 g/mol. The van der Waals surface area contributed by atoms with Gasteiger partial charge in [-0.2, -0.15) is 8.42 Å². The molecule has 6 heteroatoms. The average Bonchev–Trinajstić information content (AvgIpc) is 2.04. The van der Waals surface area contributed by atoms with Crippen molar-refractivity contribution < 1.29 is 17.7 Å². The molecule has 0 aliphatic heterocycles. The Hall–Kier alpha value is -0.850. The summed E-state index contributed by atoms with van der Waals surface area (Å²) < 4.78 is 35.1. The molecule has 0 atom stereocenters. The Labute approximate surface area is 92.7 Å². The molecule has 14 heavy (non-hydrogen) atoms. The summed E-state index contributed by atoms with van der Waals surface area (Å²) in [5.41, 5.74) is 0. The molecule has 1 aromatic carbocycles. The van der Waals surface area contributed by atoms with E-state index in [2.05, 4.69) is 6.58 Å². The predicted molar refractivity (Wildman–Crippen MR) is 57.4 cm³/mol. The van der Waals surface area contributed by atoms with E-state index >= 15 is 0 Å². The summed E-state index contributed by atoms with van der Waals surface area (Å²) in [4.78, 5) is -0.269. The Bertz CT molecular complexity index is 413. The van der Waals surface area contributed by atoms with Crippen LogP contribution in [0.15, 0.2) is 42.0 Å². The van der Waals surface area contributed by atoms with Crippen LogP contribution in [-0.4, -0.2) is 13.0 Å². The Balaban J connectivity index is 0.00000169. The fourth-order valence-corrected chi connectivity index (χ4v) is 1.47. The largest absolute Gasteiger partial charge is 0.464 e. The molecular formula is C8H9BrO4S. The van der Waals surface area contributed by atoms with Crippen LogP contribution in [0.2, 0.25) is 0 Å². The Kier molecular flexibility index (Phi) is 4.82. The quantitative estimate of drug-likeness (QED) is 0.680. The van der Waals surface area contributed by atoms with Gasteiger partial charge in [-0.25, -0.2) is 0 Å². The maximum Gasteiger partial charge on any atom is 0.298 e. The normalized spacial score (nSPS) is 10.1. The van der Waals surface area contributed by atoms with Crippen LogP contribution in [0.25, 0.3) is 0 Å². The summed E-state index contributed by atoms with van der Waals surface area (Å²) in [6, 6.07) is 5.74. The van der Waals surface area contributed by atoms with Gasteiger partial charge in [-0.3, -0.25) is 4.55 Å². The lowest BCUT2D eigenvalue weighted by atomic mass is 10.3. The Morgan fingerprint density at radius 3 is 2.43 bits per heavy atom. The van der Waals surface area contributed by atoms with Crippen molar-refractivity contribution >= 4 is 27.1 Å². The molecule has 1 rings (SSSR count). The zero-order valence-corrected chi connectivity index (χ0v) is 9.61. The van der Waals surface area contributed by atoms with E-state index in [1.807, 2.05) is 0 Å². The summed E-state index contributed by atoms with van der Waals surface area (Å²) in [6.45, 7) is 3.28. The molecule has 0 saturated heterocycles. The molecule has 1 N–H and O–H groups in total. The molecule has 0 aromatic heterocycles. The van der Waals surface area contributed by atoms with Crippen molar-refractivity contribution in [3.05, 3.63) is 37.1 Å². The molecule has 0 saturated carbocycles. The van der Waals surface area contributed by atoms with E-state index in [1.54, 1.807) is 6.07 Å². The smallest absolute Gasteiger partial charge is 0.298 e. The minimum atomic E-state index is -4.23. The third-order valence-corrected chi connectivity index (χ3v) is 2.23. The van der Waals surface area contributed by atoms with Crippen molar-refractivity contribution in [1.82, 2.24) is 0 Å². The number of rotatable bonds is 3. The first-order valence-electron chi connectivity index (χ1n) is 3.40. The summed E-state index contributed by atoms with van der Waals surface area (Å²) >= 11 is 0. The first kappa shape index (κ1) is 13.2. The van der Waals surface area contributed by atoms with Gasteiger partial charge in [0.2, 0.25) is 0 Å². The van der Waals surface area contributed by atoms with Gasteiger partial charge in [0.15, 0.2) is 0 Å². The number of para-hydroxylation sites is 1. The zero-order valence-electron chi connectivity index (χ0n) is 7.08. The maximum absolute atomic E-state index is 10.8. The van der Waals surface area contributed by atoms with Crippen molar-refractivity contribution in [2.45, 2.75) is 4.90 Å². The molecule has 0 bridgehead atoms. The van der Waals surface area contributed by atoms with Crippen LogP contribution in [0.1, 0.15) is 0 Å². The van der Waals surface area contributed by atoms with Gasteiger partial charge >= 0.3 is 0 Å². The molecule has 0 fully saturated rings. The second kappa shape index (κ2) is 5.14. The fourth-order valence-electron chi connectivity index (χ4n) is 0.850. The van der Waals surface area contributed by atoms with Gasteiger partial charge in [-0.15, -0.1) is 17.0 Å². The molecule has 0 radical (unpaired) electrons. The number of hydrogen-bond donors (Lipinski definition) is 1. The molecule has 78 valence electrons. The highest BCUT2D eigenvalue weighted by molar-refractivity contribution is 8.93. The van der Waals surface area contributed by atoms with Crippen LogP contribution in [0.4, 0.5) is 0 Å². The average molecular weight is 281 g/mol. The number of halogens is 1. The van der Waals surface area contributed by atoms with Crippen LogP contribution >= 0.6 is 17.0 Å². The second-order valence-electron chi connectivity index (χ2n) is 2.21. The summed E-state index contributed by atoms with van der Waals surface area (Å²) in [5.74, 6) is 0.0556. The third-order valence-electron chi connectivity index (χ3n) is 1.34. The van der Waals surface area contributed by atoms with Crippen LogP contribution in [0.5, 0.6) is 5.75 Å². The van der Waals surface area contributed by atoms with E-state index in [4.69, 9.17) is 9.29 Å². The number of benzene rings is 1. The zero-order chi connectivity index (χ0) is 9.90. The Morgan fingerprint density at radius 1 is 1.36 bits per heavy atom. The highest BCUT2D eigenvalue weighted by atomic mass is 79.9. The van der Waals surface area contributed by atoms with Gasteiger partial charge in [0.05, 0.1) is 6.26 Å². The lowest BCUT2D eigenvalue weighted by Crippen LogP contribution is -2.00. The van der Waals surface area contributed by atoms with Gasteiger partial charge in [0.25, 0.3) is 10.1 Å². The van der Waals surface area contributed by atoms with Gasteiger partial charge < -0.3 is 4.74 Å². The van der Waals surface area contributed by atoms with Crippen LogP contribution in [-0.2, 0) is 10.1 Å². The van der Waals surface area contributed by atoms with Crippen molar-refractivity contribution in [2.75, 3.05) is 0 Å². The molecule has 0 aliphatic carbocycles. The van der Waals surface area contributed by atoms with E-state index in [9.17, 15) is 8.42 Å². The second-order valence-corrected chi connectivity index (χ2v) is 3.60. The highest BCUT2D eigenvalue weighted by Crippen LogP contribution is 2.22. The third kappa shape index (κ3) is 3.13. The SMILES string of the molecule is Br.C=COc1ccccc1S(=O)(=O)O. The Morgan fingerprint density at radius 2 is 1.93 bits per heavy atom. The summed E-state index contributed by atoms with van der Waals surface area (Å²) in [5, 5.41) is 0. The summed E-state index contributed by atoms with van der Waals surface area (Å²) in [6.07, 6.45) is 1.09. The van der Waals surface area contributed by atoms with E-state index in [0.717, 1.165) is 6.26 Å². The predicted octanol–water partition coefficient (Wildman–Crippen LogP) is 2.03. The van der Waals surface area contributed by atoms with Crippen LogP contribution in [0.3, 0.4) is 0 Å². The topological polar surface area (TPSA) is 63.6 Å². The lowest BCUT2D eigenvalue weighted by molar-refractivity contribution is 0.450. The van der Waals surface area contributed by atoms with Crippen molar-refractivity contribution in [3.8, 4) is 5.75 Å². The summed E-state index contributed by atoms with van der Waals surface area (Å²) in [7, 11) is -4.23. The van der Waals surface area contributed by atoms with Crippen LogP contribution < -0.4 is 4.74 Å². The molecule has 4 nitrogen and oxygen atoms in total. The first-order valence-corrected chi connectivity index (χ1v) is 4.84. The molecule has 0 spiro atoms. The van der Waals surface area contributed by atoms with Gasteiger partial charge in [0.1, 0.15) is 10.6 Å². The van der Waals surface area contributed by atoms with E-state index in [0.29, 0.717) is 0 Å². The molecule has 0 aliphatic rings. The van der Waals surface area contributed by atoms with Gasteiger partial charge in [-0.05, 0) is 12.1 Å². The highest BCUT2D eigenvalue weighted by Gasteiger charge is 2.14. The molecule has 0 unspecified atom stereocenters. The minimum absolute atomic E-state index is 0. The molecular weight excluding hydrogens is 272 g/mol. The fraction of sp³-hybridized carbons (Fsp3) is 0. The van der Waals surface area contributed by atoms with E-state index < -0.39 is 10.1 Å². The van der Waals surface area contributed by atoms with Gasteiger partial charge in [0, 0.05) is 0 Å². The van der Waals surface area contributed by atoms with E-state index in [-0.39, 0.29) is 27.6 Å². The maximum atomic E-state index is 10.8. The standard InChI is InChI=1S/C8H8O4S.BrH/c1-2-12-7-5-3-4-6-8(7)13(9,10)11;/h2-6H,1H2,(H,9,10,11);1H. The van der Waals surface area contributed by atoms with Crippen LogP contribution in [0, 0.1) is 0 Å². The van der Waals surface area contributed by atoms with Crippen molar-refractivity contribution in [3.63, 3.8) is 0 Å². The van der Waals surface area contributed by atoms with Gasteiger partial charge in [-0.1, -0.05) is 18.7 Å². The minimum Gasteiger partial charge on any atom is -0.464 e. The molecule has 0 amide bonds. The number of hydrogen-bond acceptors (Lipinski definition) is 3. The molecule has 0 heterocycles. The van der Waals surface area contributed by atoms with Crippen molar-refractivity contribution in [2.24, 2.45) is 0 Å². The van der Waals surface area contributed by atoms with E-state index in [1.165, 1.54) is 18.2 Å². The lowest BCUT2D eigenvalue weighted by Gasteiger charge is -2.03. The molecule has 1 aromatic rings. The number of ether oxygens (including phenoxy) is 1. The van der Waals surface area contributed by atoms with Crippen molar-refractivity contribution in [1.29, 1.82) is 0 Å².